The Morgan fingerprint density at radius 3 is 2.46 bits per heavy atom. The van der Waals surface area contributed by atoms with E-state index < -0.39 is 5.97 Å². The van der Waals surface area contributed by atoms with E-state index >= 15 is 0 Å². The van der Waals surface area contributed by atoms with Gasteiger partial charge in [-0.1, -0.05) is 26.0 Å². The van der Waals surface area contributed by atoms with Gasteiger partial charge in [-0.05, 0) is 59.7 Å². The van der Waals surface area contributed by atoms with Crippen LogP contribution in [0.25, 0.3) is 10.1 Å². The van der Waals surface area contributed by atoms with Gasteiger partial charge in [-0.3, -0.25) is 9.59 Å². The third kappa shape index (κ3) is 4.29. The van der Waals surface area contributed by atoms with E-state index in [1.54, 1.807) is 11.3 Å². The zero-order valence-electron chi connectivity index (χ0n) is 14.8. The number of carboxylic acid groups (broad SMARTS) is 1. The van der Waals surface area contributed by atoms with Gasteiger partial charge in [-0.2, -0.15) is 0 Å². The molecule has 0 aliphatic heterocycles. The quantitative estimate of drug-likeness (QED) is 0.622. The molecule has 3 rings (SSSR count). The van der Waals surface area contributed by atoms with Crippen LogP contribution in [0.15, 0.2) is 48.5 Å². The molecule has 0 spiro atoms. The van der Waals surface area contributed by atoms with E-state index in [1.165, 1.54) is 5.56 Å². The standard InChI is InChI=1S/C21H21NO3S/c1-13(2)14-3-5-15(6-4-14)21(25)22-17-7-9-19-16(11-17)12-18(26-19)8-10-20(23)24/h3-7,9,11-13H,8,10H2,1-2H3,(H,22,25)(H,23,24). The number of aryl methyl sites for hydroxylation is 1. The van der Waals surface area contributed by atoms with Crippen molar-refractivity contribution in [1.82, 2.24) is 0 Å². The van der Waals surface area contributed by atoms with Gasteiger partial charge < -0.3 is 10.4 Å². The highest BCUT2D eigenvalue weighted by Crippen LogP contribution is 2.29. The highest BCUT2D eigenvalue weighted by Gasteiger charge is 2.09. The lowest BCUT2D eigenvalue weighted by Crippen LogP contribution is -2.11. The molecule has 2 N–H and O–H groups in total. The van der Waals surface area contributed by atoms with Gasteiger partial charge in [-0.15, -0.1) is 11.3 Å². The van der Waals surface area contributed by atoms with Crippen molar-refractivity contribution in [2.24, 2.45) is 0 Å². The van der Waals surface area contributed by atoms with Gasteiger partial charge in [-0.25, -0.2) is 0 Å². The second kappa shape index (κ2) is 7.70. The molecule has 26 heavy (non-hydrogen) atoms. The van der Waals surface area contributed by atoms with Crippen molar-refractivity contribution in [3.63, 3.8) is 0 Å². The molecule has 0 fully saturated rings. The molecular weight excluding hydrogens is 346 g/mol. The molecule has 1 aromatic heterocycles. The normalized spacial score (nSPS) is 11.0. The average Bonchev–Trinajstić information content (AvgIpc) is 3.02. The van der Waals surface area contributed by atoms with Crippen molar-refractivity contribution in [1.29, 1.82) is 0 Å². The SMILES string of the molecule is CC(C)c1ccc(C(=O)Nc2ccc3sc(CCC(=O)O)cc3c2)cc1. The number of hydrogen-bond acceptors (Lipinski definition) is 3. The second-order valence-electron chi connectivity index (χ2n) is 6.59. The Bertz CT molecular complexity index is 942. The average molecular weight is 367 g/mol. The van der Waals surface area contributed by atoms with Crippen LogP contribution in [0.3, 0.4) is 0 Å². The van der Waals surface area contributed by atoms with Gasteiger partial charge in [0.2, 0.25) is 0 Å². The van der Waals surface area contributed by atoms with Crippen molar-refractivity contribution in [2.45, 2.75) is 32.6 Å². The number of carbonyl (C=O) groups excluding carboxylic acids is 1. The van der Waals surface area contributed by atoms with Gasteiger partial charge in [0.15, 0.2) is 0 Å². The first kappa shape index (κ1) is 18.1. The van der Waals surface area contributed by atoms with Crippen LogP contribution in [0, 0.1) is 0 Å². The van der Waals surface area contributed by atoms with Crippen molar-refractivity contribution < 1.29 is 14.7 Å². The zero-order chi connectivity index (χ0) is 18.7. The third-order valence-electron chi connectivity index (χ3n) is 4.25. The maximum absolute atomic E-state index is 12.4. The van der Waals surface area contributed by atoms with Crippen molar-refractivity contribution in [2.75, 3.05) is 5.32 Å². The Kier molecular flexibility index (Phi) is 5.38. The number of hydrogen-bond donors (Lipinski definition) is 2. The van der Waals surface area contributed by atoms with Crippen LogP contribution in [0.1, 0.15) is 47.0 Å². The fraction of sp³-hybridized carbons (Fsp3) is 0.238. The van der Waals surface area contributed by atoms with Crippen LogP contribution < -0.4 is 5.32 Å². The van der Waals surface area contributed by atoms with Crippen LogP contribution >= 0.6 is 11.3 Å². The van der Waals surface area contributed by atoms with Gasteiger partial charge in [0.05, 0.1) is 6.42 Å². The Morgan fingerprint density at radius 2 is 1.81 bits per heavy atom. The largest absolute Gasteiger partial charge is 0.481 e. The van der Waals surface area contributed by atoms with Gasteiger partial charge >= 0.3 is 5.97 Å². The molecule has 0 bridgehead atoms. The number of amides is 1. The number of aliphatic carboxylic acids is 1. The molecular formula is C21H21NO3S. The summed E-state index contributed by atoms with van der Waals surface area (Å²) in [5.41, 5.74) is 2.56. The number of carboxylic acids is 1. The predicted octanol–water partition coefficient (Wildman–Crippen LogP) is 5.29. The van der Waals surface area contributed by atoms with E-state index in [0.717, 1.165) is 20.7 Å². The number of rotatable bonds is 6. The highest BCUT2D eigenvalue weighted by atomic mass is 32.1. The summed E-state index contributed by atoms with van der Waals surface area (Å²) in [4.78, 5) is 24.2. The topological polar surface area (TPSA) is 66.4 Å². The summed E-state index contributed by atoms with van der Waals surface area (Å²) in [5, 5.41) is 12.8. The maximum atomic E-state index is 12.4. The van der Waals surface area contributed by atoms with Crippen molar-refractivity contribution >= 4 is 39.0 Å². The Labute approximate surface area is 156 Å². The fourth-order valence-electron chi connectivity index (χ4n) is 2.75. The molecule has 0 saturated heterocycles. The van der Waals surface area contributed by atoms with Crippen molar-refractivity contribution in [3.05, 3.63) is 64.5 Å². The smallest absolute Gasteiger partial charge is 0.303 e. The van der Waals surface area contributed by atoms with E-state index in [2.05, 4.69) is 19.2 Å². The van der Waals surface area contributed by atoms with E-state index in [1.807, 2.05) is 48.5 Å². The minimum Gasteiger partial charge on any atom is -0.481 e. The molecule has 3 aromatic rings. The summed E-state index contributed by atoms with van der Waals surface area (Å²) in [5.74, 6) is -0.497. The molecule has 0 aliphatic rings. The maximum Gasteiger partial charge on any atom is 0.303 e. The summed E-state index contributed by atoms with van der Waals surface area (Å²) in [6.45, 7) is 4.24. The molecule has 0 radical (unpaired) electrons. The number of benzene rings is 2. The first-order valence-electron chi connectivity index (χ1n) is 8.58. The van der Waals surface area contributed by atoms with Crippen LogP contribution in [-0.2, 0) is 11.2 Å². The minimum atomic E-state index is -0.793. The minimum absolute atomic E-state index is 0.128. The molecule has 4 nitrogen and oxygen atoms in total. The zero-order valence-corrected chi connectivity index (χ0v) is 15.6. The molecule has 1 amide bonds. The van der Waals surface area contributed by atoms with Crippen LogP contribution in [0.4, 0.5) is 5.69 Å². The van der Waals surface area contributed by atoms with Crippen LogP contribution in [0.5, 0.6) is 0 Å². The number of anilines is 1. The molecule has 0 atom stereocenters. The molecule has 0 aliphatic carbocycles. The monoisotopic (exact) mass is 367 g/mol. The predicted molar refractivity (Wildman–Crippen MR) is 106 cm³/mol. The fourth-order valence-corrected chi connectivity index (χ4v) is 3.80. The summed E-state index contributed by atoms with van der Waals surface area (Å²) >= 11 is 1.59. The molecule has 134 valence electrons. The first-order chi connectivity index (χ1) is 12.4. The lowest BCUT2D eigenvalue weighted by molar-refractivity contribution is -0.136. The van der Waals surface area contributed by atoms with E-state index in [-0.39, 0.29) is 12.3 Å². The molecule has 1 heterocycles. The van der Waals surface area contributed by atoms with Crippen molar-refractivity contribution in [3.8, 4) is 0 Å². The molecule has 0 unspecified atom stereocenters. The summed E-state index contributed by atoms with van der Waals surface area (Å²) in [6.07, 6.45) is 0.654. The lowest BCUT2D eigenvalue weighted by atomic mass is 10.0. The second-order valence-corrected chi connectivity index (χ2v) is 7.76. The lowest BCUT2D eigenvalue weighted by Gasteiger charge is -2.08. The van der Waals surface area contributed by atoms with Gasteiger partial charge in [0, 0.05) is 20.8 Å². The van der Waals surface area contributed by atoms with E-state index in [0.29, 0.717) is 17.9 Å². The number of fused-ring (bicyclic) bond motifs is 1. The molecule has 5 heteroatoms. The van der Waals surface area contributed by atoms with E-state index in [9.17, 15) is 9.59 Å². The molecule has 0 saturated carbocycles. The Morgan fingerprint density at radius 1 is 1.08 bits per heavy atom. The number of nitrogens with one attached hydrogen (secondary N) is 1. The van der Waals surface area contributed by atoms with Gasteiger partial charge in [0.25, 0.3) is 5.91 Å². The molecule has 2 aromatic carbocycles. The Balaban J connectivity index is 1.73. The number of carbonyl (C=O) groups is 2. The van der Waals surface area contributed by atoms with Crippen LogP contribution in [0.2, 0.25) is 0 Å². The Hall–Kier alpha value is -2.66. The summed E-state index contributed by atoms with van der Waals surface area (Å²) in [7, 11) is 0. The van der Waals surface area contributed by atoms with Crippen LogP contribution in [-0.4, -0.2) is 17.0 Å². The summed E-state index contributed by atoms with van der Waals surface area (Å²) in [6, 6.07) is 15.4. The first-order valence-corrected chi connectivity index (χ1v) is 9.39. The van der Waals surface area contributed by atoms with E-state index in [4.69, 9.17) is 5.11 Å². The highest BCUT2D eigenvalue weighted by molar-refractivity contribution is 7.19. The third-order valence-corrected chi connectivity index (χ3v) is 5.43. The number of thiophene rings is 1. The van der Waals surface area contributed by atoms with Gasteiger partial charge in [0.1, 0.15) is 0 Å². The summed E-state index contributed by atoms with van der Waals surface area (Å²) < 4.78 is 1.09.